The van der Waals surface area contributed by atoms with Gasteiger partial charge in [0.05, 0.1) is 0 Å². The number of anilines is 2. The van der Waals surface area contributed by atoms with Crippen LogP contribution in [0.3, 0.4) is 0 Å². The molecule has 0 radical (unpaired) electrons. The average Bonchev–Trinajstić information content (AvgIpc) is 2.33. The van der Waals surface area contributed by atoms with E-state index in [0.29, 0.717) is 0 Å². The topological polar surface area (TPSA) is 24.9 Å². The summed E-state index contributed by atoms with van der Waals surface area (Å²) in [4.78, 5) is 4.30. The molecule has 2 heteroatoms. The highest BCUT2D eigenvalue weighted by Crippen LogP contribution is 2.18. The number of rotatable bonds is 3. The van der Waals surface area contributed by atoms with E-state index in [-0.39, 0.29) is 0 Å². The number of nitrogens with zero attached hydrogens (tertiary/aromatic N) is 1. The third-order valence-corrected chi connectivity index (χ3v) is 2.43. The van der Waals surface area contributed by atoms with E-state index < -0.39 is 0 Å². The zero-order valence-corrected chi connectivity index (χ0v) is 9.27. The molecule has 1 N–H and O–H groups in total. The smallest absolute Gasteiger partial charge is 0.130 e. The van der Waals surface area contributed by atoms with E-state index in [0.717, 1.165) is 17.1 Å². The van der Waals surface area contributed by atoms with Crippen LogP contribution in [0, 0.1) is 6.92 Å². The van der Waals surface area contributed by atoms with Gasteiger partial charge < -0.3 is 5.32 Å². The van der Waals surface area contributed by atoms with Gasteiger partial charge in [0, 0.05) is 11.9 Å². The van der Waals surface area contributed by atoms with Gasteiger partial charge in [-0.1, -0.05) is 30.9 Å². The SMILES string of the molecule is C=Cc1ccc(Nc2ccccc2C)nc1. The second-order valence-corrected chi connectivity index (χ2v) is 3.62. The van der Waals surface area contributed by atoms with Crippen LogP contribution >= 0.6 is 0 Å². The van der Waals surface area contributed by atoms with E-state index in [2.05, 4.69) is 29.9 Å². The fraction of sp³-hybridized carbons (Fsp3) is 0.0714. The average molecular weight is 210 g/mol. The Morgan fingerprint density at radius 2 is 2.00 bits per heavy atom. The molecule has 0 aliphatic carbocycles. The largest absolute Gasteiger partial charge is 0.340 e. The summed E-state index contributed by atoms with van der Waals surface area (Å²) in [6.07, 6.45) is 3.58. The number of nitrogens with one attached hydrogen (secondary N) is 1. The Kier molecular flexibility index (Phi) is 3.01. The fourth-order valence-electron chi connectivity index (χ4n) is 1.45. The van der Waals surface area contributed by atoms with Crippen molar-refractivity contribution < 1.29 is 0 Å². The van der Waals surface area contributed by atoms with E-state index in [4.69, 9.17) is 0 Å². The third kappa shape index (κ3) is 2.28. The molecule has 80 valence electrons. The summed E-state index contributed by atoms with van der Waals surface area (Å²) in [6, 6.07) is 12.1. The summed E-state index contributed by atoms with van der Waals surface area (Å²) < 4.78 is 0. The van der Waals surface area contributed by atoms with Crippen molar-refractivity contribution in [2.45, 2.75) is 6.92 Å². The Hall–Kier alpha value is -2.09. The predicted octanol–water partition coefficient (Wildman–Crippen LogP) is 3.78. The number of benzene rings is 1. The van der Waals surface area contributed by atoms with E-state index in [9.17, 15) is 0 Å². The molecule has 1 heterocycles. The molecule has 0 spiro atoms. The van der Waals surface area contributed by atoms with Crippen molar-refractivity contribution in [3.8, 4) is 0 Å². The molecule has 0 saturated carbocycles. The minimum atomic E-state index is 0.847. The van der Waals surface area contributed by atoms with Gasteiger partial charge in [0.15, 0.2) is 0 Å². The van der Waals surface area contributed by atoms with Gasteiger partial charge in [-0.15, -0.1) is 0 Å². The lowest BCUT2D eigenvalue weighted by molar-refractivity contribution is 1.29. The van der Waals surface area contributed by atoms with Crippen molar-refractivity contribution in [2.75, 3.05) is 5.32 Å². The maximum atomic E-state index is 4.30. The number of pyridine rings is 1. The van der Waals surface area contributed by atoms with Crippen LogP contribution in [0.15, 0.2) is 49.2 Å². The summed E-state index contributed by atoms with van der Waals surface area (Å²) in [6.45, 7) is 5.77. The van der Waals surface area contributed by atoms with Crippen LogP contribution in [0.25, 0.3) is 6.08 Å². The molecular formula is C14H14N2. The monoisotopic (exact) mass is 210 g/mol. The molecule has 1 aromatic heterocycles. The van der Waals surface area contributed by atoms with Gasteiger partial charge in [0.2, 0.25) is 0 Å². The molecule has 2 rings (SSSR count). The Balaban J connectivity index is 2.21. The normalized spacial score (nSPS) is 9.81. The minimum Gasteiger partial charge on any atom is -0.340 e. The molecule has 1 aromatic carbocycles. The lowest BCUT2D eigenvalue weighted by atomic mass is 10.2. The zero-order chi connectivity index (χ0) is 11.4. The molecule has 16 heavy (non-hydrogen) atoms. The summed E-state index contributed by atoms with van der Waals surface area (Å²) in [5, 5.41) is 3.28. The Bertz CT molecular complexity index is 486. The van der Waals surface area contributed by atoms with Crippen molar-refractivity contribution in [1.82, 2.24) is 4.98 Å². The van der Waals surface area contributed by atoms with Gasteiger partial charge in [-0.25, -0.2) is 4.98 Å². The van der Waals surface area contributed by atoms with Crippen LogP contribution in [-0.4, -0.2) is 4.98 Å². The Morgan fingerprint density at radius 3 is 2.62 bits per heavy atom. The third-order valence-electron chi connectivity index (χ3n) is 2.43. The molecule has 0 aliphatic heterocycles. The maximum absolute atomic E-state index is 4.30. The number of aryl methyl sites for hydroxylation is 1. The molecule has 2 aromatic rings. The van der Waals surface area contributed by atoms with Crippen LogP contribution < -0.4 is 5.32 Å². The lowest BCUT2D eigenvalue weighted by Gasteiger charge is -2.08. The van der Waals surface area contributed by atoms with Crippen molar-refractivity contribution >= 4 is 17.6 Å². The second-order valence-electron chi connectivity index (χ2n) is 3.62. The number of hydrogen-bond donors (Lipinski definition) is 1. The first-order chi connectivity index (χ1) is 7.79. The zero-order valence-electron chi connectivity index (χ0n) is 9.27. The van der Waals surface area contributed by atoms with Crippen molar-refractivity contribution in [3.05, 3.63) is 60.3 Å². The molecule has 2 nitrogen and oxygen atoms in total. The van der Waals surface area contributed by atoms with E-state index in [1.807, 2.05) is 30.3 Å². The van der Waals surface area contributed by atoms with E-state index >= 15 is 0 Å². The standard InChI is InChI=1S/C14H14N2/c1-3-12-8-9-14(15-10-12)16-13-7-5-4-6-11(13)2/h3-10H,1H2,2H3,(H,15,16). The predicted molar refractivity (Wildman–Crippen MR) is 68.8 cm³/mol. The Labute approximate surface area is 95.7 Å². The number of aromatic nitrogens is 1. The Morgan fingerprint density at radius 1 is 1.19 bits per heavy atom. The van der Waals surface area contributed by atoms with Gasteiger partial charge in [-0.2, -0.15) is 0 Å². The van der Waals surface area contributed by atoms with Gasteiger partial charge in [-0.05, 0) is 36.2 Å². The molecule has 0 fully saturated rings. The van der Waals surface area contributed by atoms with E-state index in [1.165, 1.54) is 5.56 Å². The second kappa shape index (κ2) is 4.62. The van der Waals surface area contributed by atoms with Crippen molar-refractivity contribution in [3.63, 3.8) is 0 Å². The highest BCUT2D eigenvalue weighted by Gasteiger charge is 1.98. The first-order valence-corrected chi connectivity index (χ1v) is 5.21. The number of hydrogen-bond acceptors (Lipinski definition) is 2. The van der Waals surface area contributed by atoms with E-state index in [1.54, 1.807) is 12.3 Å². The van der Waals surface area contributed by atoms with Crippen LogP contribution in [0.4, 0.5) is 11.5 Å². The number of para-hydroxylation sites is 1. The van der Waals surface area contributed by atoms with Crippen molar-refractivity contribution in [2.24, 2.45) is 0 Å². The molecule has 0 atom stereocenters. The van der Waals surface area contributed by atoms with Crippen LogP contribution in [0.5, 0.6) is 0 Å². The molecule has 0 saturated heterocycles. The van der Waals surface area contributed by atoms with Crippen LogP contribution in [0.2, 0.25) is 0 Å². The highest BCUT2D eigenvalue weighted by atomic mass is 15.0. The molecule has 0 unspecified atom stereocenters. The molecule has 0 bridgehead atoms. The molecular weight excluding hydrogens is 196 g/mol. The van der Waals surface area contributed by atoms with Crippen LogP contribution in [0.1, 0.15) is 11.1 Å². The van der Waals surface area contributed by atoms with Gasteiger partial charge >= 0.3 is 0 Å². The van der Waals surface area contributed by atoms with Gasteiger partial charge in [0.1, 0.15) is 5.82 Å². The lowest BCUT2D eigenvalue weighted by Crippen LogP contribution is -1.95. The van der Waals surface area contributed by atoms with Gasteiger partial charge in [0.25, 0.3) is 0 Å². The van der Waals surface area contributed by atoms with Crippen molar-refractivity contribution in [1.29, 1.82) is 0 Å². The quantitative estimate of drug-likeness (QED) is 0.834. The maximum Gasteiger partial charge on any atom is 0.130 e. The summed E-state index contributed by atoms with van der Waals surface area (Å²) in [7, 11) is 0. The summed E-state index contributed by atoms with van der Waals surface area (Å²) in [5.41, 5.74) is 3.31. The van der Waals surface area contributed by atoms with Gasteiger partial charge in [-0.3, -0.25) is 0 Å². The first-order valence-electron chi connectivity index (χ1n) is 5.21. The minimum absolute atomic E-state index is 0.847. The molecule has 0 aliphatic rings. The summed E-state index contributed by atoms with van der Waals surface area (Å²) in [5.74, 6) is 0.847. The van der Waals surface area contributed by atoms with Crippen LogP contribution in [-0.2, 0) is 0 Å². The first kappa shape index (κ1) is 10.4. The fourth-order valence-corrected chi connectivity index (χ4v) is 1.45. The summed E-state index contributed by atoms with van der Waals surface area (Å²) >= 11 is 0. The highest BCUT2D eigenvalue weighted by molar-refractivity contribution is 5.61. The molecule has 0 amide bonds.